The minimum atomic E-state index is -0.892. The van der Waals surface area contributed by atoms with Crippen molar-refractivity contribution in [3.05, 3.63) is 59.5 Å². The van der Waals surface area contributed by atoms with Gasteiger partial charge in [-0.1, -0.05) is 24.3 Å². The molecule has 1 aromatic heterocycles. The molecule has 0 spiro atoms. The van der Waals surface area contributed by atoms with E-state index in [1.807, 2.05) is 24.3 Å². The third kappa shape index (κ3) is 4.57. The van der Waals surface area contributed by atoms with Gasteiger partial charge in [0.15, 0.2) is 5.76 Å². The smallest absolute Gasteiger partial charge is 0.290 e. The van der Waals surface area contributed by atoms with E-state index in [0.717, 1.165) is 24.0 Å². The van der Waals surface area contributed by atoms with Gasteiger partial charge in [0.05, 0.1) is 11.9 Å². The fourth-order valence-corrected chi connectivity index (χ4v) is 3.33. The molecule has 1 aliphatic heterocycles. The third-order valence-corrected chi connectivity index (χ3v) is 4.93. The fourth-order valence-electron chi connectivity index (χ4n) is 3.33. The number of amides is 2. The first-order valence-electron chi connectivity index (χ1n) is 9.30. The lowest BCUT2D eigenvalue weighted by Crippen LogP contribution is -2.51. The predicted molar refractivity (Wildman–Crippen MR) is 101 cm³/mol. The van der Waals surface area contributed by atoms with Gasteiger partial charge in [0.1, 0.15) is 6.04 Å². The zero-order valence-corrected chi connectivity index (χ0v) is 15.8. The van der Waals surface area contributed by atoms with Crippen LogP contribution in [-0.2, 0) is 16.9 Å². The number of carbonyl (C=O) groups excluding carboxylic acids is 2. The average molecular weight is 370 g/mol. The van der Waals surface area contributed by atoms with Crippen LogP contribution >= 0.6 is 0 Å². The molecule has 1 fully saturated rings. The van der Waals surface area contributed by atoms with E-state index in [9.17, 15) is 14.7 Å². The average Bonchev–Trinajstić information content (AvgIpc) is 3.20. The van der Waals surface area contributed by atoms with E-state index in [4.69, 9.17) is 4.42 Å². The highest BCUT2D eigenvalue weighted by Crippen LogP contribution is 2.21. The maximum absolute atomic E-state index is 12.7. The molecule has 2 heterocycles. The second-order valence-electron chi connectivity index (χ2n) is 7.46. The lowest BCUT2D eigenvalue weighted by molar-refractivity contribution is -0.126. The summed E-state index contributed by atoms with van der Waals surface area (Å²) >= 11 is 0. The molecule has 6 nitrogen and oxygen atoms in total. The summed E-state index contributed by atoms with van der Waals surface area (Å²) < 4.78 is 5.20. The summed E-state index contributed by atoms with van der Waals surface area (Å²) in [5, 5.41) is 12.9. The molecular weight excluding hydrogens is 344 g/mol. The summed E-state index contributed by atoms with van der Waals surface area (Å²) in [6, 6.07) is 10.3. The molecule has 0 saturated carbocycles. The number of hydrogen-bond acceptors (Lipinski definition) is 4. The van der Waals surface area contributed by atoms with Crippen molar-refractivity contribution in [2.75, 3.05) is 6.54 Å². The Hall–Kier alpha value is -2.60. The van der Waals surface area contributed by atoms with Crippen LogP contribution in [-0.4, -0.2) is 34.4 Å². The van der Waals surface area contributed by atoms with Crippen molar-refractivity contribution >= 4 is 11.8 Å². The maximum atomic E-state index is 12.7. The number of benzene rings is 1. The Balaban J connectivity index is 1.62. The van der Waals surface area contributed by atoms with E-state index < -0.39 is 11.6 Å². The first-order valence-corrected chi connectivity index (χ1v) is 9.30. The second kappa shape index (κ2) is 7.96. The van der Waals surface area contributed by atoms with Crippen molar-refractivity contribution < 1.29 is 19.1 Å². The summed E-state index contributed by atoms with van der Waals surface area (Å²) in [4.78, 5) is 26.9. The Labute approximate surface area is 159 Å². The van der Waals surface area contributed by atoms with Crippen molar-refractivity contribution in [1.82, 2.24) is 10.2 Å². The topological polar surface area (TPSA) is 82.8 Å². The molecule has 27 heavy (non-hydrogen) atoms. The number of furan rings is 1. The molecule has 0 radical (unpaired) electrons. The van der Waals surface area contributed by atoms with Crippen LogP contribution in [0.25, 0.3) is 0 Å². The minimum absolute atomic E-state index is 0.152. The Kier molecular flexibility index (Phi) is 5.65. The van der Waals surface area contributed by atoms with Crippen molar-refractivity contribution in [3.8, 4) is 0 Å². The number of nitrogens with one attached hydrogen (secondary N) is 1. The van der Waals surface area contributed by atoms with Gasteiger partial charge < -0.3 is 19.7 Å². The number of nitrogens with zero attached hydrogens (tertiary/aromatic N) is 1. The Morgan fingerprint density at radius 1 is 1.22 bits per heavy atom. The molecule has 2 N–H and O–H groups in total. The van der Waals surface area contributed by atoms with Gasteiger partial charge in [0.2, 0.25) is 5.91 Å². The largest absolute Gasteiger partial charge is 0.459 e. The van der Waals surface area contributed by atoms with E-state index in [2.05, 4.69) is 5.32 Å². The minimum Gasteiger partial charge on any atom is -0.459 e. The Morgan fingerprint density at radius 2 is 1.96 bits per heavy atom. The number of likely N-dealkylation sites (tertiary alicyclic amines) is 1. The molecule has 2 amide bonds. The molecule has 0 bridgehead atoms. The normalized spacial score (nSPS) is 17.6. The van der Waals surface area contributed by atoms with Gasteiger partial charge in [0.25, 0.3) is 5.91 Å². The van der Waals surface area contributed by atoms with E-state index in [-0.39, 0.29) is 17.6 Å². The van der Waals surface area contributed by atoms with Gasteiger partial charge in [-0.15, -0.1) is 0 Å². The second-order valence-corrected chi connectivity index (χ2v) is 7.46. The first kappa shape index (κ1) is 19.2. The van der Waals surface area contributed by atoms with Crippen LogP contribution < -0.4 is 5.32 Å². The lowest BCUT2D eigenvalue weighted by Gasteiger charge is -2.34. The monoisotopic (exact) mass is 370 g/mol. The van der Waals surface area contributed by atoms with Gasteiger partial charge >= 0.3 is 0 Å². The lowest BCUT2D eigenvalue weighted by atomic mass is 9.97. The molecule has 2 aromatic rings. The van der Waals surface area contributed by atoms with Crippen molar-refractivity contribution in [1.29, 1.82) is 0 Å². The molecule has 3 rings (SSSR count). The molecule has 1 saturated heterocycles. The van der Waals surface area contributed by atoms with Crippen molar-refractivity contribution in [2.45, 2.75) is 51.3 Å². The van der Waals surface area contributed by atoms with Crippen molar-refractivity contribution in [3.63, 3.8) is 0 Å². The summed E-state index contributed by atoms with van der Waals surface area (Å²) in [6.45, 7) is 4.40. The van der Waals surface area contributed by atoms with Gasteiger partial charge in [-0.3, -0.25) is 9.59 Å². The Morgan fingerprint density at radius 3 is 2.59 bits per heavy atom. The van der Waals surface area contributed by atoms with E-state index in [1.54, 1.807) is 30.9 Å². The van der Waals surface area contributed by atoms with Gasteiger partial charge in [-0.05, 0) is 56.4 Å². The number of piperidine rings is 1. The number of hydrogen-bond donors (Lipinski definition) is 2. The van der Waals surface area contributed by atoms with Crippen LogP contribution in [0.15, 0.2) is 47.1 Å². The van der Waals surface area contributed by atoms with Crippen LogP contribution in [0, 0.1) is 0 Å². The third-order valence-electron chi connectivity index (χ3n) is 4.93. The van der Waals surface area contributed by atoms with Crippen LogP contribution in [0.1, 0.15) is 54.8 Å². The molecule has 1 aliphatic rings. The van der Waals surface area contributed by atoms with E-state index >= 15 is 0 Å². The molecule has 6 heteroatoms. The maximum Gasteiger partial charge on any atom is 0.290 e. The van der Waals surface area contributed by atoms with Gasteiger partial charge in [-0.25, -0.2) is 0 Å². The SMILES string of the molecule is CC(C)(O)c1ccc(CNC(=O)C2CCCCN2C(=O)c2ccco2)cc1. The fraction of sp³-hybridized carbons (Fsp3) is 0.429. The molecule has 1 aromatic carbocycles. The summed E-state index contributed by atoms with van der Waals surface area (Å²) in [6.07, 6.45) is 3.91. The van der Waals surface area contributed by atoms with Crippen LogP contribution in [0.3, 0.4) is 0 Å². The van der Waals surface area contributed by atoms with Crippen LogP contribution in [0.5, 0.6) is 0 Å². The zero-order chi connectivity index (χ0) is 19.4. The van der Waals surface area contributed by atoms with Crippen LogP contribution in [0.2, 0.25) is 0 Å². The van der Waals surface area contributed by atoms with Gasteiger partial charge in [0, 0.05) is 13.1 Å². The highest BCUT2D eigenvalue weighted by molar-refractivity contribution is 5.95. The molecule has 144 valence electrons. The van der Waals surface area contributed by atoms with Crippen LogP contribution in [0.4, 0.5) is 0 Å². The highest BCUT2D eigenvalue weighted by atomic mass is 16.3. The van der Waals surface area contributed by atoms with Crippen molar-refractivity contribution in [2.24, 2.45) is 0 Å². The predicted octanol–water partition coefficient (Wildman–Crippen LogP) is 2.82. The summed E-state index contributed by atoms with van der Waals surface area (Å²) in [5.41, 5.74) is 0.868. The Bertz CT molecular complexity index is 776. The standard InChI is InChI=1S/C21H26N2O4/c1-21(2,26)16-10-8-15(9-11-16)14-22-19(24)17-6-3-4-12-23(17)20(25)18-7-5-13-27-18/h5,7-11,13,17,26H,3-4,6,12,14H2,1-2H3,(H,22,24). The van der Waals surface area contributed by atoms with E-state index in [0.29, 0.717) is 19.5 Å². The molecule has 0 aliphatic carbocycles. The zero-order valence-electron chi connectivity index (χ0n) is 15.8. The molecular formula is C21H26N2O4. The number of rotatable bonds is 5. The van der Waals surface area contributed by atoms with Gasteiger partial charge in [-0.2, -0.15) is 0 Å². The van der Waals surface area contributed by atoms with E-state index in [1.165, 1.54) is 6.26 Å². The molecule has 1 unspecified atom stereocenters. The first-order chi connectivity index (χ1) is 12.9. The number of aliphatic hydroxyl groups is 1. The highest BCUT2D eigenvalue weighted by Gasteiger charge is 2.33. The number of carbonyl (C=O) groups is 2. The summed E-state index contributed by atoms with van der Waals surface area (Å²) in [7, 11) is 0. The quantitative estimate of drug-likeness (QED) is 0.848. The summed E-state index contributed by atoms with van der Waals surface area (Å²) in [5.74, 6) is -0.132. The molecule has 1 atom stereocenters.